The Morgan fingerprint density at radius 1 is 1.13 bits per heavy atom. The predicted octanol–water partition coefficient (Wildman–Crippen LogP) is 3.82. The van der Waals surface area contributed by atoms with Crippen molar-refractivity contribution in [3.8, 4) is 0 Å². The van der Waals surface area contributed by atoms with Gasteiger partial charge in [0.1, 0.15) is 5.76 Å². The number of hydrogen-bond acceptors (Lipinski definition) is 4. The van der Waals surface area contributed by atoms with Crippen molar-refractivity contribution in [1.29, 1.82) is 0 Å². The summed E-state index contributed by atoms with van der Waals surface area (Å²) in [5.74, 6) is -2.49. The van der Waals surface area contributed by atoms with Crippen molar-refractivity contribution in [3.63, 3.8) is 0 Å². The molecule has 0 aliphatic carbocycles. The summed E-state index contributed by atoms with van der Waals surface area (Å²) in [4.78, 5) is 26.3. The van der Waals surface area contributed by atoms with Gasteiger partial charge in [-0.15, -0.1) is 0 Å². The summed E-state index contributed by atoms with van der Waals surface area (Å²) in [5, 5.41) is 20.6. The van der Waals surface area contributed by atoms with Crippen LogP contribution in [0, 0.1) is 6.92 Å². The Balaban J connectivity index is 2.21. The number of aliphatic hydroxyl groups is 2. The van der Waals surface area contributed by atoms with Gasteiger partial charge in [0.25, 0.3) is 11.7 Å². The fourth-order valence-corrected chi connectivity index (χ4v) is 3.45. The molecule has 0 saturated carbocycles. The van der Waals surface area contributed by atoms with Crippen molar-refractivity contribution in [1.82, 2.24) is 4.90 Å². The first-order valence-electron chi connectivity index (χ1n) is 9.21. The van der Waals surface area contributed by atoms with Crippen molar-refractivity contribution < 1.29 is 33.0 Å². The Hall–Kier alpha value is -3.13. The van der Waals surface area contributed by atoms with E-state index in [9.17, 15) is 33.0 Å². The number of nitrogens with zero attached hydrogens (tertiary/aromatic N) is 1. The maximum absolute atomic E-state index is 13.2. The highest BCUT2D eigenvalue weighted by Gasteiger charge is 2.46. The molecule has 2 N–H and O–H groups in total. The number of alkyl halides is 3. The molecule has 1 aliphatic rings. The summed E-state index contributed by atoms with van der Waals surface area (Å²) in [6.07, 6.45) is -5.66. The topological polar surface area (TPSA) is 77.8 Å². The molecule has 1 heterocycles. The van der Waals surface area contributed by atoms with Crippen LogP contribution in [0.3, 0.4) is 0 Å². The number of Topliss-reactive ketones (excluding diaryl/α,β-unsaturated/α-hetero) is 1. The largest absolute Gasteiger partial charge is 0.507 e. The number of amides is 1. The van der Waals surface area contributed by atoms with Crippen molar-refractivity contribution >= 4 is 17.4 Å². The number of aliphatic hydroxyl groups excluding tert-OH is 2. The molecule has 0 aromatic heterocycles. The Morgan fingerprint density at radius 2 is 1.77 bits per heavy atom. The highest BCUT2D eigenvalue weighted by atomic mass is 19.4. The van der Waals surface area contributed by atoms with Crippen molar-refractivity contribution in [2.75, 3.05) is 6.54 Å². The van der Waals surface area contributed by atoms with Gasteiger partial charge < -0.3 is 15.1 Å². The minimum Gasteiger partial charge on any atom is -0.507 e. The molecule has 2 atom stereocenters. The third kappa shape index (κ3) is 4.09. The van der Waals surface area contributed by atoms with Gasteiger partial charge >= 0.3 is 6.18 Å². The standard InChI is InChI=1S/C22H20F3NO4/c1-12-6-8-14(9-7-12)19(28)17-18(26(11-13(2)27)21(30)20(17)29)15-4-3-5-16(10-15)22(23,24)25/h3-10,13,18,27-28H,11H2,1-2H3/b19-17+. The molecule has 8 heteroatoms. The summed E-state index contributed by atoms with van der Waals surface area (Å²) < 4.78 is 39.7. The highest BCUT2D eigenvalue weighted by Crippen LogP contribution is 2.41. The normalized spacial score (nSPS) is 19.9. The van der Waals surface area contributed by atoms with Gasteiger partial charge in [0.15, 0.2) is 0 Å². The molecular weight excluding hydrogens is 399 g/mol. The van der Waals surface area contributed by atoms with Crippen LogP contribution in [0.5, 0.6) is 0 Å². The first kappa shape index (κ1) is 21.6. The van der Waals surface area contributed by atoms with Gasteiger partial charge in [-0.25, -0.2) is 0 Å². The number of β-amino-alcohol motifs (C(OH)–C–C–N with tert-alkyl or cyclic N) is 1. The van der Waals surface area contributed by atoms with Crippen LogP contribution in [-0.4, -0.2) is 39.5 Å². The quantitative estimate of drug-likeness (QED) is 0.449. The predicted molar refractivity (Wildman–Crippen MR) is 103 cm³/mol. The Kier molecular flexibility index (Phi) is 5.72. The van der Waals surface area contributed by atoms with Gasteiger partial charge in [-0.1, -0.05) is 42.0 Å². The molecule has 1 amide bonds. The lowest BCUT2D eigenvalue weighted by atomic mass is 9.94. The molecule has 2 unspecified atom stereocenters. The maximum Gasteiger partial charge on any atom is 0.416 e. The summed E-state index contributed by atoms with van der Waals surface area (Å²) in [6, 6.07) is 9.48. The molecule has 2 aromatic rings. The maximum atomic E-state index is 13.2. The molecule has 30 heavy (non-hydrogen) atoms. The Bertz CT molecular complexity index is 1010. The Morgan fingerprint density at radius 3 is 2.33 bits per heavy atom. The average Bonchev–Trinajstić information content (AvgIpc) is 2.92. The van der Waals surface area contributed by atoms with Crippen LogP contribution in [0.4, 0.5) is 13.2 Å². The van der Waals surface area contributed by atoms with Crippen LogP contribution in [0.1, 0.15) is 35.2 Å². The van der Waals surface area contributed by atoms with E-state index in [-0.39, 0.29) is 23.2 Å². The number of likely N-dealkylation sites (tertiary alicyclic amines) is 1. The van der Waals surface area contributed by atoms with Crippen molar-refractivity contribution in [3.05, 3.63) is 76.4 Å². The average molecular weight is 419 g/mol. The third-order valence-corrected chi connectivity index (χ3v) is 4.86. The van der Waals surface area contributed by atoms with Gasteiger partial charge in [-0.3, -0.25) is 9.59 Å². The second-order valence-electron chi connectivity index (χ2n) is 7.29. The SMILES string of the molecule is Cc1ccc(/C(O)=C2\C(=O)C(=O)N(CC(C)O)C2c2cccc(C(F)(F)F)c2)cc1. The van der Waals surface area contributed by atoms with E-state index in [0.717, 1.165) is 22.6 Å². The van der Waals surface area contributed by atoms with Gasteiger partial charge in [-0.2, -0.15) is 13.2 Å². The summed E-state index contributed by atoms with van der Waals surface area (Å²) >= 11 is 0. The van der Waals surface area contributed by atoms with E-state index in [1.807, 2.05) is 6.92 Å². The summed E-state index contributed by atoms with van der Waals surface area (Å²) in [6.45, 7) is 2.94. The lowest BCUT2D eigenvalue weighted by Crippen LogP contribution is -2.35. The number of rotatable bonds is 4. The van der Waals surface area contributed by atoms with E-state index in [1.165, 1.54) is 19.1 Å². The smallest absolute Gasteiger partial charge is 0.416 e. The van der Waals surface area contributed by atoms with E-state index in [0.29, 0.717) is 0 Å². The van der Waals surface area contributed by atoms with Crippen LogP contribution in [0.15, 0.2) is 54.1 Å². The van der Waals surface area contributed by atoms with Crippen LogP contribution < -0.4 is 0 Å². The fraction of sp³-hybridized carbons (Fsp3) is 0.273. The van der Waals surface area contributed by atoms with Gasteiger partial charge in [0, 0.05) is 12.1 Å². The van der Waals surface area contributed by atoms with Gasteiger partial charge in [0.05, 0.1) is 23.3 Å². The zero-order valence-corrected chi connectivity index (χ0v) is 16.3. The number of benzene rings is 2. The number of halogens is 3. The zero-order chi connectivity index (χ0) is 22.2. The monoisotopic (exact) mass is 419 g/mol. The molecule has 158 valence electrons. The van der Waals surface area contributed by atoms with Crippen LogP contribution >= 0.6 is 0 Å². The number of carbonyl (C=O) groups excluding carboxylic acids is 2. The lowest BCUT2D eigenvalue weighted by Gasteiger charge is -2.27. The van der Waals surface area contributed by atoms with E-state index in [1.54, 1.807) is 24.3 Å². The zero-order valence-electron chi connectivity index (χ0n) is 16.3. The van der Waals surface area contributed by atoms with E-state index >= 15 is 0 Å². The summed E-state index contributed by atoms with van der Waals surface area (Å²) in [7, 11) is 0. The van der Waals surface area contributed by atoms with Crippen LogP contribution in [-0.2, 0) is 15.8 Å². The fourth-order valence-electron chi connectivity index (χ4n) is 3.45. The first-order valence-corrected chi connectivity index (χ1v) is 9.21. The minimum absolute atomic E-state index is 0.0123. The molecule has 0 bridgehead atoms. The summed E-state index contributed by atoms with van der Waals surface area (Å²) in [5.41, 5.74) is -0.0942. The molecule has 1 fully saturated rings. The van der Waals surface area contributed by atoms with Crippen molar-refractivity contribution in [2.24, 2.45) is 0 Å². The third-order valence-electron chi connectivity index (χ3n) is 4.86. The number of ketones is 1. The first-order chi connectivity index (χ1) is 14.0. The van der Waals surface area contributed by atoms with Gasteiger partial charge in [-0.05, 0) is 31.5 Å². The molecule has 2 aromatic carbocycles. The van der Waals surface area contributed by atoms with Gasteiger partial charge in [0.2, 0.25) is 0 Å². The van der Waals surface area contributed by atoms with E-state index < -0.39 is 41.3 Å². The number of aryl methyl sites for hydroxylation is 1. The highest BCUT2D eigenvalue weighted by molar-refractivity contribution is 6.46. The molecular formula is C22H20F3NO4. The number of hydrogen-bond donors (Lipinski definition) is 2. The molecule has 1 saturated heterocycles. The molecule has 0 spiro atoms. The second-order valence-corrected chi connectivity index (χ2v) is 7.29. The molecule has 5 nitrogen and oxygen atoms in total. The van der Waals surface area contributed by atoms with Crippen LogP contribution in [0.2, 0.25) is 0 Å². The lowest BCUT2D eigenvalue weighted by molar-refractivity contribution is -0.140. The van der Waals surface area contributed by atoms with E-state index in [2.05, 4.69) is 0 Å². The molecule has 0 radical (unpaired) electrons. The van der Waals surface area contributed by atoms with Crippen molar-refractivity contribution in [2.45, 2.75) is 32.2 Å². The molecule has 1 aliphatic heterocycles. The van der Waals surface area contributed by atoms with Crippen LogP contribution in [0.25, 0.3) is 5.76 Å². The Labute approximate surface area is 171 Å². The number of carbonyl (C=O) groups is 2. The second kappa shape index (κ2) is 7.95. The minimum atomic E-state index is -4.62. The molecule has 3 rings (SSSR count). The van der Waals surface area contributed by atoms with E-state index in [4.69, 9.17) is 0 Å².